The molecule has 4 heterocycles. The molecule has 0 spiro atoms. The van der Waals surface area contributed by atoms with E-state index in [1.54, 1.807) is 18.5 Å². The number of imidazole rings is 1. The highest BCUT2D eigenvalue weighted by atomic mass is 35.5. The summed E-state index contributed by atoms with van der Waals surface area (Å²) < 4.78 is 7.78. The van der Waals surface area contributed by atoms with Gasteiger partial charge in [-0.15, -0.1) is 0 Å². The molecule has 0 atom stereocenters. The Labute approximate surface area is 192 Å². The van der Waals surface area contributed by atoms with Gasteiger partial charge in [-0.2, -0.15) is 0 Å². The topological polar surface area (TPSA) is 83.8 Å². The number of pyridine rings is 2. The van der Waals surface area contributed by atoms with Crippen molar-refractivity contribution in [1.29, 1.82) is 0 Å². The molecule has 1 aliphatic heterocycles. The molecule has 1 fully saturated rings. The summed E-state index contributed by atoms with van der Waals surface area (Å²) in [6.07, 6.45) is 9.22. The van der Waals surface area contributed by atoms with Crippen molar-refractivity contribution in [2.75, 3.05) is 31.5 Å². The molecule has 9 heteroatoms. The zero-order valence-corrected chi connectivity index (χ0v) is 19.2. The third-order valence-corrected chi connectivity index (χ3v) is 5.57. The average Bonchev–Trinajstić information content (AvgIpc) is 3.15. The standard InChI is InChI=1S/C23H29ClN6O2/c1-16(2)32-19-12-20(24)26-13-18(19)17-6-7-22-27-21(15-30(22)14-17)28-23(31)25-8-11-29-9-4-3-5-10-29/h6-7,12-16H,3-5,8-11H2,1-2H3,(H2,25,28,31). The number of anilines is 1. The number of piperidine rings is 1. The van der Waals surface area contributed by atoms with Crippen LogP contribution in [0.25, 0.3) is 16.8 Å². The number of ether oxygens (including phenoxy) is 1. The second kappa shape index (κ2) is 10.2. The van der Waals surface area contributed by atoms with Gasteiger partial charge in [0, 0.05) is 42.7 Å². The molecule has 0 aromatic carbocycles. The normalized spacial score (nSPS) is 14.6. The van der Waals surface area contributed by atoms with E-state index < -0.39 is 0 Å². The molecule has 0 bridgehead atoms. The lowest BCUT2D eigenvalue weighted by Crippen LogP contribution is -2.39. The van der Waals surface area contributed by atoms with E-state index in [0.717, 1.165) is 36.4 Å². The number of nitrogens with one attached hydrogen (secondary N) is 2. The molecule has 2 N–H and O–H groups in total. The zero-order valence-electron chi connectivity index (χ0n) is 18.5. The van der Waals surface area contributed by atoms with E-state index in [2.05, 4.69) is 25.5 Å². The van der Waals surface area contributed by atoms with E-state index in [-0.39, 0.29) is 12.1 Å². The molecule has 3 aromatic rings. The molecular formula is C23H29ClN6O2. The Balaban J connectivity index is 1.42. The highest BCUT2D eigenvalue weighted by molar-refractivity contribution is 6.29. The third kappa shape index (κ3) is 5.69. The van der Waals surface area contributed by atoms with Crippen molar-refractivity contribution in [3.63, 3.8) is 0 Å². The molecule has 0 unspecified atom stereocenters. The van der Waals surface area contributed by atoms with E-state index in [1.165, 1.54) is 19.3 Å². The van der Waals surface area contributed by atoms with Gasteiger partial charge < -0.3 is 19.4 Å². The van der Waals surface area contributed by atoms with Crippen LogP contribution in [0.1, 0.15) is 33.1 Å². The minimum absolute atomic E-state index is 0.00780. The number of fused-ring (bicyclic) bond motifs is 1. The second-order valence-corrected chi connectivity index (χ2v) is 8.65. The van der Waals surface area contributed by atoms with Crippen LogP contribution in [-0.2, 0) is 0 Å². The second-order valence-electron chi connectivity index (χ2n) is 8.26. The molecule has 1 aliphatic rings. The first-order valence-electron chi connectivity index (χ1n) is 11.1. The fourth-order valence-corrected chi connectivity index (χ4v) is 4.01. The molecule has 170 valence electrons. The minimum Gasteiger partial charge on any atom is -0.490 e. The van der Waals surface area contributed by atoms with Crippen molar-refractivity contribution < 1.29 is 9.53 Å². The van der Waals surface area contributed by atoms with Crippen molar-refractivity contribution in [3.05, 3.63) is 41.9 Å². The molecule has 3 aromatic heterocycles. The van der Waals surface area contributed by atoms with Crippen LogP contribution in [0.4, 0.5) is 10.6 Å². The molecule has 8 nitrogen and oxygen atoms in total. The van der Waals surface area contributed by atoms with E-state index >= 15 is 0 Å². The monoisotopic (exact) mass is 456 g/mol. The summed E-state index contributed by atoms with van der Waals surface area (Å²) in [6.45, 7) is 7.65. The van der Waals surface area contributed by atoms with Crippen LogP contribution in [0.2, 0.25) is 5.15 Å². The fourth-order valence-electron chi connectivity index (χ4n) is 3.86. The lowest BCUT2D eigenvalue weighted by molar-refractivity contribution is 0.224. The Kier molecular flexibility index (Phi) is 7.12. The van der Waals surface area contributed by atoms with Gasteiger partial charge in [-0.05, 0) is 51.9 Å². The number of hydrogen-bond donors (Lipinski definition) is 2. The number of carbonyl (C=O) groups is 1. The Bertz CT molecular complexity index is 1080. The number of likely N-dealkylation sites (tertiary alicyclic amines) is 1. The van der Waals surface area contributed by atoms with Crippen molar-refractivity contribution in [3.8, 4) is 16.9 Å². The smallest absolute Gasteiger partial charge is 0.320 e. The largest absolute Gasteiger partial charge is 0.490 e. The first-order chi connectivity index (χ1) is 15.5. The molecule has 32 heavy (non-hydrogen) atoms. The van der Waals surface area contributed by atoms with E-state index in [0.29, 0.717) is 23.3 Å². The Morgan fingerprint density at radius 1 is 1.22 bits per heavy atom. The van der Waals surface area contributed by atoms with Crippen molar-refractivity contribution >= 4 is 29.1 Å². The number of carbonyl (C=O) groups excluding carboxylic acids is 1. The maximum Gasteiger partial charge on any atom is 0.320 e. The lowest BCUT2D eigenvalue weighted by Gasteiger charge is -2.26. The summed E-state index contributed by atoms with van der Waals surface area (Å²) in [5.41, 5.74) is 2.47. The van der Waals surface area contributed by atoms with Crippen LogP contribution < -0.4 is 15.4 Å². The maximum atomic E-state index is 12.3. The predicted octanol–water partition coefficient (Wildman–Crippen LogP) is 4.44. The van der Waals surface area contributed by atoms with Crippen LogP contribution in [0.5, 0.6) is 5.75 Å². The SMILES string of the molecule is CC(C)Oc1cc(Cl)ncc1-c1ccc2nc(NC(=O)NCCN3CCCCC3)cn2c1. The molecule has 0 saturated carbocycles. The Morgan fingerprint density at radius 2 is 2.03 bits per heavy atom. The summed E-state index contributed by atoms with van der Waals surface area (Å²) in [4.78, 5) is 23.3. The molecule has 4 rings (SSSR count). The molecule has 2 amide bonds. The summed E-state index contributed by atoms with van der Waals surface area (Å²) >= 11 is 6.06. The van der Waals surface area contributed by atoms with Crippen LogP contribution in [0, 0.1) is 0 Å². The van der Waals surface area contributed by atoms with Gasteiger partial charge in [-0.3, -0.25) is 5.32 Å². The molecule has 0 aliphatic carbocycles. The summed E-state index contributed by atoms with van der Waals surface area (Å²) in [6, 6.07) is 5.31. The van der Waals surface area contributed by atoms with Gasteiger partial charge in [-0.1, -0.05) is 18.0 Å². The van der Waals surface area contributed by atoms with E-state index in [9.17, 15) is 4.79 Å². The van der Waals surface area contributed by atoms with E-state index in [1.807, 2.05) is 36.6 Å². The van der Waals surface area contributed by atoms with Gasteiger partial charge in [0.2, 0.25) is 0 Å². The van der Waals surface area contributed by atoms with Crippen molar-refractivity contribution in [2.45, 2.75) is 39.2 Å². The van der Waals surface area contributed by atoms with Crippen LogP contribution in [-0.4, -0.2) is 57.6 Å². The molecular weight excluding hydrogens is 428 g/mol. The predicted molar refractivity (Wildman–Crippen MR) is 127 cm³/mol. The number of amides is 2. The van der Waals surface area contributed by atoms with Crippen molar-refractivity contribution in [2.24, 2.45) is 0 Å². The third-order valence-electron chi connectivity index (χ3n) is 5.36. The van der Waals surface area contributed by atoms with Crippen LogP contribution >= 0.6 is 11.6 Å². The first kappa shape index (κ1) is 22.4. The minimum atomic E-state index is -0.250. The fraction of sp³-hybridized carbons (Fsp3) is 0.435. The van der Waals surface area contributed by atoms with Gasteiger partial charge in [0.05, 0.1) is 12.3 Å². The highest BCUT2D eigenvalue weighted by Gasteiger charge is 2.13. The molecule has 0 radical (unpaired) electrons. The number of aromatic nitrogens is 3. The van der Waals surface area contributed by atoms with Gasteiger partial charge in [0.25, 0.3) is 0 Å². The van der Waals surface area contributed by atoms with Crippen LogP contribution in [0.3, 0.4) is 0 Å². The lowest BCUT2D eigenvalue weighted by atomic mass is 10.1. The van der Waals surface area contributed by atoms with Gasteiger partial charge >= 0.3 is 6.03 Å². The Hall–Kier alpha value is -2.84. The quantitative estimate of drug-likeness (QED) is 0.513. The number of urea groups is 1. The van der Waals surface area contributed by atoms with E-state index in [4.69, 9.17) is 16.3 Å². The number of halogens is 1. The molecule has 1 saturated heterocycles. The van der Waals surface area contributed by atoms with Gasteiger partial charge in [0.15, 0.2) is 5.82 Å². The van der Waals surface area contributed by atoms with Crippen LogP contribution in [0.15, 0.2) is 36.8 Å². The summed E-state index contributed by atoms with van der Waals surface area (Å²) in [5.74, 6) is 1.16. The Morgan fingerprint density at radius 3 is 2.81 bits per heavy atom. The zero-order chi connectivity index (χ0) is 22.5. The average molecular weight is 457 g/mol. The van der Waals surface area contributed by atoms with Gasteiger partial charge in [0.1, 0.15) is 16.5 Å². The summed E-state index contributed by atoms with van der Waals surface area (Å²) in [7, 11) is 0. The highest BCUT2D eigenvalue weighted by Crippen LogP contribution is 2.32. The number of nitrogens with zero attached hydrogens (tertiary/aromatic N) is 4. The van der Waals surface area contributed by atoms with Crippen molar-refractivity contribution in [1.82, 2.24) is 24.6 Å². The maximum absolute atomic E-state index is 12.3. The number of hydrogen-bond acceptors (Lipinski definition) is 5. The summed E-state index contributed by atoms with van der Waals surface area (Å²) in [5, 5.41) is 6.11. The number of rotatable bonds is 7. The first-order valence-corrected chi connectivity index (χ1v) is 11.4. The van der Waals surface area contributed by atoms with Gasteiger partial charge in [-0.25, -0.2) is 14.8 Å².